The van der Waals surface area contributed by atoms with E-state index < -0.39 is 0 Å². The van der Waals surface area contributed by atoms with Crippen molar-refractivity contribution in [2.45, 2.75) is 38.5 Å². The zero-order chi connectivity index (χ0) is 20.9. The fourth-order valence-electron chi connectivity index (χ4n) is 3.96. The molecule has 4 rings (SSSR count). The van der Waals surface area contributed by atoms with Crippen LogP contribution in [0.3, 0.4) is 0 Å². The van der Waals surface area contributed by atoms with E-state index in [1.54, 1.807) is 0 Å². The lowest BCUT2D eigenvalue weighted by Crippen LogP contribution is -2.26. The molecule has 1 aromatic heterocycles. The van der Waals surface area contributed by atoms with Gasteiger partial charge < -0.3 is 5.32 Å². The van der Waals surface area contributed by atoms with Gasteiger partial charge in [0.15, 0.2) is 0 Å². The molecule has 0 unspecified atom stereocenters. The van der Waals surface area contributed by atoms with Gasteiger partial charge in [0.05, 0.1) is 5.69 Å². The molecule has 0 spiro atoms. The Labute approximate surface area is 184 Å². The fourth-order valence-corrected chi connectivity index (χ4v) is 4.23. The minimum Gasteiger partial charge on any atom is -0.352 e. The largest absolute Gasteiger partial charge is 0.352 e. The van der Waals surface area contributed by atoms with E-state index in [1.807, 2.05) is 36.4 Å². The third kappa shape index (κ3) is 4.87. The highest BCUT2D eigenvalue weighted by Crippen LogP contribution is 2.22. The van der Waals surface area contributed by atoms with E-state index in [9.17, 15) is 9.59 Å². The summed E-state index contributed by atoms with van der Waals surface area (Å²) in [5.74, 6) is -0.0783. The van der Waals surface area contributed by atoms with Crippen LogP contribution in [0.15, 0.2) is 57.8 Å². The van der Waals surface area contributed by atoms with Gasteiger partial charge in [-0.2, -0.15) is 5.10 Å². The molecule has 1 heterocycles. The standard InChI is InChI=1S/C24H24BrN3O2/c25-19-10-8-16(9-11-19)12-13-26-23(29)18-5-3-4-17(14-18)15-22-20-6-1-2-7-21(20)24(30)28-27-22/h3-5,8-11,14H,1-2,6-7,12-13,15H2,(H,26,29)(H,28,30). The minimum absolute atomic E-state index is 0.0626. The Morgan fingerprint density at radius 1 is 1.03 bits per heavy atom. The van der Waals surface area contributed by atoms with E-state index in [4.69, 9.17) is 0 Å². The van der Waals surface area contributed by atoms with Crippen molar-refractivity contribution >= 4 is 21.8 Å². The Morgan fingerprint density at radius 3 is 2.60 bits per heavy atom. The Kier molecular flexibility index (Phi) is 6.43. The molecule has 6 heteroatoms. The lowest BCUT2D eigenvalue weighted by molar-refractivity contribution is 0.0954. The molecule has 1 aliphatic carbocycles. The van der Waals surface area contributed by atoms with Crippen molar-refractivity contribution in [3.63, 3.8) is 0 Å². The van der Waals surface area contributed by atoms with Crippen molar-refractivity contribution in [1.82, 2.24) is 15.5 Å². The number of hydrogen-bond donors (Lipinski definition) is 2. The summed E-state index contributed by atoms with van der Waals surface area (Å²) >= 11 is 3.43. The molecule has 1 amide bonds. The first-order valence-electron chi connectivity index (χ1n) is 10.3. The highest BCUT2D eigenvalue weighted by Gasteiger charge is 2.18. The maximum Gasteiger partial charge on any atom is 0.267 e. The summed E-state index contributed by atoms with van der Waals surface area (Å²) in [6, 6.07) is 15.8. The van der Waals surface area contributed by atoms with E-state index in [-0.39, 0.29) is 11.5 Å². The highest BCUT2D eigenvalue weighted by molar-refractivity contribution is 9.10. The summed E-state index contributed by atoms with van der Waals surface area (Å²) < 4.78 is 1.05. The number of amides is 1. The van der Waals surface area contributed by atoms with Crippen LogP contribution in [0.4, 0.5) is 0 Å². The lowest BCUT2D eigenvalue weighted by atomic mass is 9.90. The third-order valence-corrected chi connectivity index (χ3v) is 6.08. The average Bonchev–Trinajstić information content (AvgIpc) is 2.77. The monoisotopic (exact) mass is 465 g/mol. The van der Waals surface area contributed by atoms with E-state index in [0.717, 1.165) is 59.0 Å². The summed E-state index contributed by atoms with van der Waals surface area (Å²) in [7, 11) is 0. The van der Waals surface area contributed by atoms with Gasteiger partial charge in [0, 0.05) is 28.6 Å². The van der Waals surface area contributed by atoms with Crippen LogP contribution in [0.2, 0.25) is 0 Å². The number of carbonyl (C=O) groups excluding carboxylic acids is 1. The number of rotatable bonds is 6. The van der Waals surface area contributed by atoms with Gasteiger partial charge in [-0.15, -0.1) is 0 Å². The quantitative estimate of drug-likeness (QED) is 0.577. The Morgan fingerprint density at radius 2 is 1.80 bits per heavy atom. The van der Waals surface area contributed by atoms with Crippen molar-refractivity contribution in [3.05, 3.63) is 96.9 Å². The zero-order valence-corrected chi connectivity index (χ0v) is 18.3. The summed E-state index contributed by atoms with van der Waals surface area (Å²) in [5.41, 5.74) is 5.66. The fraction of sp³-hybridized carbons (Fsp3) is 0.292. The third-order valence-electron chi connectivity index (χ3n) is 5.56. The van der Waals surface area contributed by atoms with E-state index in [1.165, 1.54) is 5.56 Å². The van der Waals surface area contributed by atoms with Gasteiger partial charge in [-0.1, -0.05) is 40.2 Å². The van der Waals surface area contributed by atoms with Gasteiger partial charge in [0.25, 0.3) is 11.5 Å². The van der Waals surface area contributed by atoms with Crippen molar-refractivity contribution in [1.29, 1.82) is 0 Å². The molecule has 3 aromatic rings. The SMILES string of the molecule is O=C(NCCc1ccc(Br)cc1)c1cccc(Cc2n[nH]c(=O)c3c2CCCC3)c1. The van der Waals surface area contributed by atoms with Crippen LogP contribution in [0.5, 0.6) is 0 Å². The van der Waals surface area contributed by atoms with Crippen LogP contribution in [-0.4, -0.2) is 22.6 Å². The summed E-state index contributed by atoms with van der Waals surface area (Å²) in [4.78, 5) is 24.6. The van der Waals surface area contributed by atoms with Crippen molar-refractivity contribution in [3.8, 4) is 0 Å². The van der Waals surface area contributed by atoms with Gasteiger partial charge in [-0.25, -0.2) is 5.10 Å². The molecule has 0 saturated heterocycles. The van der Waals surface area contributed by atoms with Crippen LogP contribution < -0.4 is 10.9 Å². The van der Waals surface area contributed by atoms with Gasteiger partial charge in [0.1, 0.15) is 0 Å². The van der Waals surface area contributed by atoms with Crippen LogP contribution in [-0.2, 0) is 25.7 Å². The first kappa shape index (κ1) is 20.5. The molecule has 154 valence electrons. The Hall–Kier alpha value is -2.73. The molecule has 30 heavy (non-hydrogen) atoms. The molecule has 2 aromatic carbocycles. The number of aromatic nitrogens is 2. The zero-order valence-electron chi connectivity index (χ0n) is 16.7. The molecule has 0 bridgehead atoms. The smallest absolute Gasteiger partial charge is 0.267 e. The number of fused-ring (bicyclic) bond motifs is 1. The molecular weight excluding hydrogens is 442 g/mol. The van der Waals surface area contributed by atoms with Crippen molar-refractivity contribution < 1.29 is 4.79 Å². The topological polar surface area (TPSA) is 74.8 Å². The number of H-pyrrole nitrogens is 1. The Bertz CT molecular complexity index is 1110. The first-order chi connectivity index (χ1) is 14.6. The van der Waals surface area contributed by atoms with Crippen LogP contribution in [0, 0.1) is 0 Å². The number of hydrogen-bond acceptors (Lipinski definition) is 3. The Balaban J connectivity index is 1.42. The van der Waals surface area contributed by atoms with Crippen LogP contribution in [0.1, 0.15) is 51.1 Å². The van der Waals surface area contributed by atoms with Crippen molar-refractivity contribution in [2.75, 3.05) is 6.54 Å². The minimum atomic E-state index is -0.0783. The molecule has 0 atom stereocenters. The number of halogens is 1. The predicted molar refractivity (Wildman–Crippen MR) is 121 cm³/mol. The second kappa shape index (κ2) is 9.39. The molecule has 5 nitrogen and oxygen atoms in total. The van der Waals surface area contributed by atoms with Gasteiger partial charge in [-0.3, -0.25) is 9.59 Å². The molecular formula is C24H24BrN3O2. The van der Waals surface area contributed by atoms with Gasteiger partial charge >= 0.3 is 0 Å². The van der Waals surface area contributed by atoms with E-state index in [2.05, 4.69) is 43.6 Å². The number of nitrogens with one attached hydrogen (secondary N) is 2. The molecule has 0 aliphatic heterocycles. The van der Waals surface area contributed by atoms with Gasteiger partial charge in [0.2, 0.25) is 0 Å². The highest BCUT2D eigenvalue weighted by atomic mass is 79.9. The first-order valence-corrected chi connectivity index (χ1v) is 11.1. The maximum atomic E-state index is 12.6. The summed E-state index contributed by atoms with van der Waals surface area (Å²) in [6.45, 7) is 0.583. The summed E-state index contributed by atoms with van der Waals surface area (Å²) in [6.07, 6.45) is 5.26. The number of benzene rings is 2. The second-order valence-corrected chi connectivity index (χ2v) is 8.59. The lowest BCUT2D eigenvalue weighted by Gasteiger charge is -2.17. The van der Waals surface area contributed by atoms with Crippen molar-refractivity contribution in [2.24, 2.45) is 0 Å². The van der Waals surface area contributed by atoms with Crippen LogP contribution in [0.25, 0.3) is 0 Å². The van der Waals surface area contributed by atoms with Gasteiger partial charge in [-0.05, 0) is 73.1 Å². The molecule has 0 fully saturated rings. The van der Waals surface area contributed by atoms with Crippen LogP contribution >= 0.6 is 15.9 Å². The molecule has 2 N–H and O–H groups in total. The molecule has 1 aliphatic rings. The number of carbonyl (C=O) groups is 1. The second-order valence-electron chi connectivity index (χ2n) is 7.67. The average molecular weight is 466 g/mol. The van der Waals surface area contributed by atoms with E-state index >= 15 is 0 Å². The normalized spacial score (nSPS) is 13.0. The number of nitrogens with zero attached hydrogens (tertiary/aromatic N) is 1. The molecule has 0 saturated carbocycles. The predicted octanol–water partition coefficient (Wildman–Crippen LogP) is 3.97. The van der Waals surface area contributed by atoms with E-state index in [0.29, 0.717) is 18.5 Å². The maximum absolute atomic E-state index is 12.6. The molecule has 0 radical (unpaired) electrons. The number of aromatic amines is 1. The summed E-state index contributed by atoms with van der Waals surface area (Å²) in [5, 5.41) is 9.95.